The molecule has 1 aromatic carbocycles. The Morgan fingerprint density at radius 1 is 1.04 bits per heavy atom. The van der Waals surface area contributed by atoms with Crippen molar-refractivity contribution in [1.82, 2.24) is 10.2 Å². The zero-order valence-electron chi connectivity index (χ0n) is 16.5. The van der Waals surface area contributed by atoms with Crippen LogP contribution in [0.15, 0.2) is 18.2 Å². The van der Waals surface area contributed by atoms with Gasteiger partial charge in [-0.3, -0.25) is 4.79 Å². The fourth-order valence-corrected chi connectivity index (χ4v) is 3.73. The van der Waals surface area contributed by atoms with Crippen molar-refractivity contribution in [2.45, 2.75) is 39.5 Å². The lowest BCUT2D eigenvalue weighted by atomic mass is 10.0. The number of ether oxygens (including phenoxy) is 2. The number of carbonyl (C=O) groups excluding carboxylic acids is 1. The standard InChI is InChI=1S/C21H32N2O3.ClH/c1-3-5-9-25-19-8-7-16(11-20(19)26-10-6-4-2)21(24)23-14-17-12-22-13-18(17)15-23;/h7-8,11,17-18,22H,3-6,9-10,12-15H2,1-2H3;1H/t17-,18+;. The summed E-state index contributed by atoms with van der Waals surface area (Å²) in [6.07, 6.45) is 4.18. The number of rotatable bonds is 9. The Hall–Kier alpha value is -1.46. The maximum absolute atomic E-state index is 12.9. The quantitative estimate of drug-likeness (QED) is 0.646. The van der Waals surface area contributed by atoms with Crippen LogP contribution in [-0.2, 0) is 0 Å². The van der Waals surface area contributed by atoms with Crippen LogP contribution in [0.1, 0.15) is 49.9 Å². The molecule has 2 aliphatic rings. The highest BCUT2D eigenvalue weighted by Crippen LogP contribution is 2.32. The molecule has 27 heavy (non-hydrogen) atoms. The molecule has 6 heteroatoms. The Kier molecular flexibility index (Phi) is 8.71. The molecule has 2 heterocycles. The minimum Gasteiger partial charge on any atom is -0.490 e. The van der Waals surface area contributed by atoms with Crippen molar-refractivity contribution < 1.29 is 14.3 Å². The molecule has 5 nitrogen and oxygen atoms in total. The third-order valence-corrected chi connectivity index (χ3v) is 5.38. The first-order valence-corrected chi connectivity index (χ1v) is 10.1. The van der Waals surface area contributed by atoms with Crippen LogP contribution in [0.3, 0.4) is 0 Å². The molecule has 0 aromatic heterocycles. The molecule has 0 bridgehead atoms. The van der Waals surface area contributed by atoms with Gasteiger partial charge in [0.25, 0.3) is 5.91 Å². The Balaban J connectivity index is 0.00000261. The Bertz CT molecular complexity index is 599. The minimum absolute atomic E-state index is 0. The fraction of sp³-hybridized carbons (Fsp3) is 0.667. The van der Waals surface area contributed by atoms with Crippen molar-refractivity contribution in [3.8, 4) is 11.5 Å². The van der Waals surface area contributed by atoms with E-state index in [9.17, 15) is 4.79 Å². The van der Waals surface area contributed by atoms with E-state index in [1.165, 1.54) is 0 Å². The summed E-state index contributed by atoms with van der Waals surface area (Å²) in [7, 11) is 0. The lowest BCUT2D eigenvalue weighted by Crippen LogP contribution is -2.31. The molecule has 0 unspecified atom stereocenters. The molecule has 2 saturated heterocycles. The number of fused-ring (bicyclic) bond motifs is 1. The zero-order valence-corrected chi connectivity index (χ0v) is 17.4. The SMILES string of the molecule is CCCCOc1ccc(C(=O)N2C[C@H]3CNC[C@H]3C2)cc1OCCCC.Cl. The lowest BCUT2D eigenvalue weighted by Gasteiger charge is -2.19. The Morgan fingerprint density at radius 2 is 1.63 bits per heavy atom. The first-order valence-electron chi connectivity index (χ1n) is 10.1. The van der Waals surface area contributed by atoms with Gasteiger partial charge in [-0.15, -0.1) is 12.4 Å². The average Bonchev–Trinajstić information content (AvgIpc) is 3.24. The molecule has 1 aromatic rings. The molecule has 3 rings (SSSR count). The molecule has 152 valence electrons. The lowest BCUT2D eigenvalue weighted by molar-refractivity contribution is 0.0781. The van der Waals surface area contributed by atoms with E-state index in [0.717, 1.165) is 57.6 Å². The van der Waals surface area contributed by atoms with Crippen molar-refractivity contribution in [3.05, 3.63) is 23.8 Å². The molecule has 0 radical (unpaired) electrons. The van der Waals surface area contributed by atoms with Crippen LogP contribution in [0.5, 0.6) is 11.5 Å². The van der Waals surface area contributed by atoms with Gasteiger partial charge in [-0.1, -0.05) is 26.7 Å². The zero-order chi connectivity index (χ0) is 18.4. The number of halogens is 1. The number of hydrogen-bond donors (Lipinski definition) is 1. The molecule has 2 aliphatic heterocycles. The topological polar surface area (TPSA) is 50.8 Å². The molecular formula is C21H33ClN2O3. The summed E-state index contributed by atoms with van der Waals surface area (Å²) < 4.78 is 11.8. The predicted octanol–water partition coefficient (Wildman–Crippen LogP) is 3.76. The van der Waals surface area contributed by atoms with E-state index in [1.807, 2.05) is 23.1 Å². The smallest absolute Gasteiger partial charge is 0.254 e. The van der Waals surface area contributed by atoms with Crippen LogP contribution < -0.4 is 14.8 Å². The highest BCUT2D eigenvalue weighted by molar-refractivity contribution is 5.95. The molecule has 2 fully saturated rings. The third-order valence-electron chi connectivity index (χ3n) is 5.38. The van der Waals surface area contributed by atoms with Crippen LogP contribution in [0.2, 0.25) is 0 Å². The predicted molar refractivity (Wildman–Crippen MR) is 110 cm³/mol. The molecular weight excluding hydrogens is 364 g/mol. The summed E-state index contributed by atoms with van der Waals surface area (Å²) in [4.78, 5) is 14.9. The second-order valence-electron chi connectivity index (χ2n) is 7.45. The highest BCUT2D eigenvalue weighted by atomic mass is 35.5. The minimum atomic E-state index is 0. The number of hydrogen-bond acceptors (Lipinski definition) is 4. The fourth-order valence-electron chi connectivity index (χ4n) is 3.73. The number of nitrogens with one attached hydrogen (secondary N) is 1. The summed E-state index contributed by atoms with van der Waals surface area (Å²) in [6.45, 7) is 9.39. The van der Waals surface area contributed by atoms with Gasteiger partial charge < -0.3 is 19.7 Å². The van der Waals surface area contributed by atoms with Crippen LogP contribution in [-0.4, -0.2) is 50.2 Å². The number of benzene rings is 1. The first kappa shape index (κ1) is 21.8. The monoisotopic (exact) mass is 396 g/mol. The second-order valence-corrected chi connectivity index (χ2v) is 7.45. The maximum Gasteiger partial charge on any atom is 0.254 e. The van der Waals surface area contributed by atoms with E-state index in [-0.39, 0.29) is 18.3 Å². The van der Waals surface area contributed by atoms with E-state index in [4.69, 9.17) is 9.47 Å². The van der Waals surface area contributed by atoms with Gasteiger partial charge in [0.15, 0.2) is 11.5 Å². The normalized spacial score (nSPS) is 20.9. The van der Waals surface area contributed by atoms with Gasteiger partial charge in [0, 0.05) is 31.7 Å². The van der Waals surface area contributed by atoms with E-state index in [2.05, 4.69) is 19.2 Å². The van der Waals surface area contributed by atoms with Crippen molar-refractivity contribution in [3.63, 3.8) is 0 Å². The molecule has 0 aliphatic carbocycles. The molecule has 2 atom stereocenters. The van der Waals surface area contributed by atoms with Gasteiger partial charge in [-0.2, -0.15) is 0 Å². The van der Waals surface area contributed by atoms with Crippen LogP contribution in [0.4, 0.5) is 0 Å². The number of carbonyl (C=O) groups is 1. The Labute approximate surface area is 169 Å². The maximum atomic E-state index is 12.9. The van der Waals surface area contributed by atoms with Gasteiger partial charge >= 0.3 is 0 Å². The summed E-state index contributed by atoms with van der Waals surface area (Å²) in [5.74, 6) is 2.77. The van der Waals surface area contributed by atoms with Crippen LogP contribution in [0.25, 0.3) is 0 Å². The van der Waals surface area contributed by atoms with Gasteiger partial charge in [-0.25, -0.2) is 0 Å². The average molecular weight is 397 g/mol. The number of unbranched alkanes of at least 4 members (excludes halogenated alkanes) is 2. The number of likely N-dealkylation sites (tertiary alicyclic amines) is 1. The molecule has 0 spiro atoms. The van der Waals surface area contributed by atoms with Gasteiger partial charge in [0.2, 0.25) is 0 Å². The number of amides is 1. The van der Waals surface area contributed by atoms with Gasteiger partial charge in [0.1, 0.15) is 0 Å². The van der Waals surface area contributed by atoms with Gasteiger partial charge in [-0.05, 0) is 42.9 Å². The highest BCUT2D eigenvalue weighted by Gasteiger charge is 2.38. The van der Waals surface area contributed by atoms with Crippen LogP contribution >= 0.6 is 12.4 Å². The summed E-state index contributed by atoms with van der Waals surface area (Å²) in [6, 6.07) is 5.64. The first-order chi connectivity index (χ1) is 12.7. The number of nitrogens with zero attached hydrogens (tertiary/aromatic N) is 1. The van der Waals surface area contributed by atoms with Crippen molar-refractivity contribution in [1.29, 1.82) is 0 Å². The second kappa shape index (κ2) is 10.8. The van der Waals surface area contributed by atoms with E-state index in [0.29, 0.717) is 36.4 Å². The molecule has 0 saturated carbocycles. The van der Waals surface area contributed by atoms with Crippen molar-refractivity contribution in [2.24, 2.45) is 11.8 Å². The summed E-state index contributed by atoms with van der Waals surface area (Å²) in [5, 5.41) is 3.42. The van der Waals surface area contributed by atoms with Crippen molar-refractivity contribution >= 4 is 18.3 Å². The third kappa shape index (κ3) is 5.52. The largest absolute Gasteiger partial charge is 0.490 e. The van der Waals surface area contributed by atoms with E-state index >= 15 is 0 Å². The van der Waals surface area contributed by atoms with E-state index in [1.54, 1.807) is 0 Å². The molecule has 1 N–H and O–H groups in total. The van der Waals surface area contributed by atoms with Gasteiger partial charge in [0.05, 0.1) is 13.2 Å². The Morgan fingerprint density at radius 3 is 2.22 bits per heavy atom. The molecule has 1 amide bonds. The van der Waals surface area contributed by atoms with E-state index < -0.39 is 0 Å². The summed E-state index contributed by atoms with van der Waals surface area (Å²) >= 11 is 0. The van der Waals surface area contributed by atoms with Crippen LogP contribution in [0, 0.1) is 11.8 Å². The summed E-state index contributed by atoms with van der Waals surface area (Å²) in [5.41, 5.74) is 0.701. The van der Waals surface area contributed by atoms with Crippen molar-refractivity contribution in [2.75, 3.05) is 39.4 Å².